The molecule has 0 bridgehead atoms. The quantitative estimate of drug-likeness (QED) is 0.647. The van der Waals surface area contributed by atoms with Crippen LogP contribution in [0.5, 0.6) is 0 Å². The first kappa shape index (κ1) is 19.4. The molecule has 0 aliphatic carbocycles. The SMILES string of the molecule is O=S(=O)(O)CCCC(CCCS(=O)(=O)O)c1ccc(Cl)cc1. The van der Waals surface area contributed by atoms with Crippen LogP contribution in [0.2, 0.25) is 5.02 Å². The van der Waals surface area contributed by atoms with E-state index in [4.69, 9.17) is 20.7 Å². The van der Waals surface area contributed by atoms with Crippen molar-refractivity contribution < 1.29 is 25.9 Å². The summed E-state index contributed by atoms with van der Waals surface area (Å²) < 4.78 is 60.6. The molecule has 2 N–H and O–H groups in total. The lowest BCUT2D eigenvalue weighted by molar-refractivity contribution is 0.472. The van der Waals surface area contributed by atoms with E-state index in [1.807, 2.05) is 0 Å². The number of hydrogen-bond acceptors (Lipinski definition) is 4. The highest BCUT2D eigenvalue weighted by molar-refractivity contribution is 7.86. The van der Waals surface area contributed by atoms with Crippen molar-refractivity contribution in [3.63, 3.8) is 0 Å². The zero-order valence-corrected chi connectivity index (χ0v) is 14.2. The molecular formula is C13H19ClO6S2. The molecule has 0 aliphatic rings. The van der Waals surface area contributed by atoms with Gasteiger partial charge in [-0.3, -0.25) is 9.11 Å². The molecule has 0 radical (unpaired) electrons. The van der Waals surface area contributed by atoms with Gasteiger partial charge in [-0.25, -0.2) is 0 Å². The first-order valence-electron chi connectivity index (χ1n) is 6.72. The highest BCUT2D eigenvalue weighted by Gasteiger charge is 2.15. The van der Waals surface area contributed by atoms with E-state index < -0.39 is 20.2 Å². The lowest BCUT2D eigenvalue weighted by atomic mass is 9.90. The topological polar surface area (TPSA) is 109 Å². The van der Waals surface area contributed by atoms with E-state index >= 15 is 0 Å². The molecule has 0 fully saturated rings. The Balaban J connectivity index is 2.69. The van der Waals surface area contributed by atoms with Gasteiger partial charge >= 0.3 is 0 Å². The Morgan fingerprint density at radius 2 is 1.27 bits per heavy atom. The summed E-state index contributed by atoms with van der Waals surface area (Å²) in [5.41, 5.74) is 0.912. The van der Waals surface area contributed by atoms with Gasteiger partial charge in [-0.1, -0.05) is 23.7 Å². The minimum Gasteiger partial charge on any atom is -0.286 e. The summed E-state index contributed by atoms with van der Waals surface area (Å²) in [5, 5.41) is 0.568. The van der Waals surface area contributed by atoms with Crippen LogP contribution in [0.3, 0.4) is 0 Å². The third-order valence-corrected chi connectivity index (χ3v) is 5.11. The van der Waals surface area contributed by atoms with Crippen molar-refractivity contribution >= 4 is 31.8 Å². The molecule has 0 amide bonds. The maximum Gasteiger partial charge on any atom is 0.264 e. The fourth-order valence-electron chi connectivity index (χ4n) is 2.24. The van der Waals surface area contributed by atoms with Crippen molar-refractivity contribution in [2.45, 2.75) is 31.6 Å². The fourth-order valence-corrected chi connectivity index (χ4v) is 3.43. The van der Waals surface area contributed by atoms with Crippen LogP contribution in [0, 0.1) is 0 Å². The number of hydrogen-bond donors (Lipinski definition) is 2. The largest absolute Gasteiger partial charge is 0.286 e. The van der Waals surface area contributed by atoms with Gasteiger partial charge in [0.1, 0.15) is 0 Å². The zero-order valence-electron chi connectivity index (χ0n) is 11.9. The van der Waals surface area contributed by atoms with Crippen molar-refractivity contribution in [3.8, 4) is 0 Å². The van der Waals surface area contributed by atoms with Gasteiger partial charge in [-0.2, -0.15) is 16.8 Å². The minimum absolute atomic E-state index is 0.0687. The molecule has 9 heteroatoms. The molecule has 1 rings (SSSR count). The van der Waals surface area contributed by atoms with Gasteiger partial charge in [0.25, 0.3) is 20.2 Å². The Labute approximate surface area is 136 Å². The Hall–Kier alpha value is -0.670. The Kier molecular flexibility index (Phi) is 7.27. The molecule has 0 unspecified atom stereocenters. The Morgan fingerprint density at radius 1 is 0.864 bits per heavy atom. The summed E-state index contributed by atoms with van der Waals surface area (Å²) in [6, 6.07) is 7.01. The average Bonchev–Trinajstić information content (AvgIpc) is 2.35. The van der Waals surface area contributed by atoms with Gasteiger partial charge in [0.05, 0.1) is 11.5 Å². The molecule has 126 valence electrons. The van der Waals surface area contributed by atoms with E-state index in [1.165, 1.54) is 0 Å². The van der Waals surface area contributed by atoms with Crippen LogP contribution in [0.1, 0.15) is 37.2 Å². The van der Waals surface area contributed by atoms with Crippen LogP contribution in [0.15, 0.2) is 24.3 Å². The summed E-state index contributed by atoms with van der Waals surface area (Å²) in [5.74, 6) is -0.745. The van der Waals surface area contributed by atoms with Crippen molar-refractivity contribution in [2.75, 3.05) is 11.5 Å². The summed E-state index contributed by atoms with van der Waals surface area (Å²) in [4.78, 5) is 0. The lowest BCUT2D eigenvalue weighted by Gasteiger charge is -2.17. The molecule has 0 aromatic heterocycles. The van der Waals surface area contributed by atoms with Crippen molar-refractivity contribution in [2.24, 2.45) is 0 Å². The standard InChI is InChI=1S/C13H19ClO6S2/c14-13-7-5-12(6-8-13)11(3-1-9-21(15,16)17)4-2-10-22(18,19)20/h5-8,11H,1-4,9-10H2,(H,15,16,17)(H,18,19,20). The molecular weight excluding hydrogens is 352 g/mol. The summed E-state index contributed by atoms with van der Waals surface area (Å²) >= 11 is 5.82. The van der Waals surface area contributed by atoms with Gasteiger partial charge in [-0.05, 0) is 49.3 Å². The highest BCUT2D eigenvalue weighted by Crippen LogP contribution is 2.28. The normalized spacial score (nSPS) is 12.7. The predicted octanol–water partition coefficient (Wildman–Crippen LogP) is 2.76. The Morgan fingerprint density at radius 3 is 1.64 bits per heavy atom. The van der Waals surface area contributed by atoms with Crippen LogP contribution in [0.25, 0.3) is 0 Å². The summed E-state index contributed by atoms with van der Waals surface area (Å²) in [6.45, 7) is 0. The molecule has 0 saturated carbocycles. The first-order chi connectivity index (χ1) is 10.1. The third-order valence-electron chi connectivity index (χ3n) is 3.25. The third kappa shape index (κ3) is 8.70. The van der Waals surface area contributed by atoms with Crippen molar-refractivity contribution in [3.05, 3.63) is 34.9 Å². The molecule has 0 saturated heterocycles. The van der Waals surface area contributed by atoms with Gasteiger partial charge in [0.2, 0.25) is 0 Å². The van der Waals surface area contributed by atoms with Crippen LogP contribution in [-0.2, 0) is 20.2 Å². The van der Waals surface area contributed by atoms with Crippen molar-refractivity contribution in [1.82, 2.24) is 0 Å². The average molecular weight is 371 g/mol. The summed E-state index contributed by atoms with van der Waals surface area (Å²) in [6.07, 6.45) is 1.48. The number of halogens is 1. The van der Waals surface area contributed by atoms with Gasteiger partial charge < -0.3 is 0 Å². The van der Waals surface area contributed by atoms with Gasteiger partial charge in [-0.15, -0.1) is 0 Å². The second-order valence-corrected chi connectivity index (χ2v) is 8.69. The molecule has 6 nitrogen and oxygen atoms in total. The van der Waals surface area contributed by atoms with Crippen LogP contribution >= 0.6 is 11.6 Å². The monoisotopic (exact) mass is 370 g/mol. The molecule has 22 heavy (non-hydrogen) atoms. The molecule has 0 heterocycles. The smallest absolute Gasteiger partial charge is 0.264 e. The molecule has 0 spiro atoms. The Bertz CT molecular complexity index is 629. The lowest BCUT2D eigenvalue weighted by Crippen LogP contribution is -2.09. The number of rotatable bonds is 9. The van der Waals surface area contributed by atoms with Gasteiger partial charge in [0, 0.05) is 5.02 Å². The molecule has 0 aliphatic heterocycles. The zero-order chi connectivity index (χ0) is 16.8. The van der Waals surface area contributed by atoms with Crippen LogP contribution in [-0.4, -0.2) is 37.4 Å². The highest BCUT2D eigenvalue weighted by atomic mass is 35.5. The van der Waals surface area contributed by atoms with E-state index in [9.17, 15) is 16.8 Å². The van der Waals surface area contributed by atoms with Crippen LogP contribution in [0.4, 0.5) is 0 Å². The summed E-state index contributed by atoms with van der Waals surface area (Å²) in [7, 11) is -8.02. The van der Waals surface area contributed by atoms with E-state index in [0.29, 0.717) is 17.9 Å². The second-order valence-electron chi connectivity index (χ2n) is 5.11. The van der Waals surface area contributed by atoms with E-state index in [-0.39, 0.29) is 30.3 Å². The maximum atomic E-state index is 10.8. The van der Waals surface area contributed by atoms with E-state index in [1.54, 1.807) is 24.3 Å². The fraction of sp³-hybridized carbons (Fsp3) is 0.538. The molecule has 0 atom stereocenters. The second kappa shape index (κ2) is 8.26. The van der Waals surface area contributed by atoms with E-state index in [2.05, 4.69) is 0 Å². The number of benzene rings is 1. The predicted molar refractivity (Wildman–Crippen MR) is 85.5 cm³/mol. The van der Waals surface area contributed by atoms with Crippen LogP contribution < -0.4 is 0 Å². The van der Waals surface area contributed by atoms with Gasteiger partial charge in [0.15, 0.2) is 0 Å². The molecule has 1 aromatic carbocycles. The van der Waals surface area contributed by atoms with E-state index in [0.717, 1.165) is 5.56 Å². The molecule has 1 aromatic rings. The maximum absolute atomic E-state index is 10.8. The first-order valence-corrected chi connectivity index (χ1v) is 10.3. The minimum atomic E-state index is -4.01. The van der Waals surface area contributed by atoms with Crippen molar-refractivity contribution in [1.29, 1.82) is 0 Å².